The molecule has 0 aliphatic rings. The molecule has 0 aliphatic heterocycles. The van der Waals surface area contributed by atoms with Crippen molar-refractivity contribution in [2.75, 3.05) is 7.11 Å². The fraction of sp³-hybridized carbons (Fsp3) is 0.292. The van der Waals surface area contributed by atoms with Crippen LogP contribution in [0.3, 0.4) is 0 Å². The molecule has 4 heteroatoms. The van der Waals surface area contributed by atoms with Crippen molar-refractivity contribution < 1.29 is 14.3 Å². The van der Waals surface area contributed by atoms with Crippen molar-refractivity contribution in [1.29, 1.82) is 0 Å². The third-order valence-electron chi connectivity index (χ3n) is 4.43. The maximum atomic E-state index is 13.1. The summed E-state index contributed by atoms with van der Waals surface area (Å²) in [6, 6.07) is 17.9. The number of esters is 1. The van der Waals surface area contributed by atoms with Gasteiger partial charge in [-0.3, -0.25) is 0 Å². The van der Waals surface area contributed by atoms with Gasteiger partial charge >= 0.3 is 5.97 Å². The second kappa shape index (κ2) is 7.93. The number of ether oxygens (including phenoxy) is 2. The number of hydrogen-bond donors (Lipinski definition) is 0. The maximum Gasteiger partial charge on any atom is 0.356 e. The molecule has 0 saturated heterocycles. The van der Waals surface area contributed by atoms with Gasteiger partial charge in [-0.2, -0.15) is 0 Å². The molecule has 0 bridgehead atoms. The van der Waals surface area contributed by atoms with E-state index in [9.17, 15) is 4.79 Å². The first-order valence-corrected chi connectivity index (χ1v) is 9.40. The van der Waals surface area contributed by atoms with E-state index in [2.05, 4.69) is 12.1 Å². The number of benzene rings is 2. The average Bonchev–Trinajstić information content (AvgIpc) is 2.97. The Morgan fingerprint density at radius 3 is 2.21 bits per heavy atom. The van der Waals surface area contributed by atoms with Crippen LogP contribution in [0.2, 0.25) is 0 Å². The number of nitrogens with zero attached hydrogens (tertiary/aromatic N) is 1. The molecule has 0 aliphatic carbocycles. The van der Waals surface area contributed by atoms with Gasteiger partial charge in [-0.05, 0) is 56.5 Å². The molecule has 4 nitrogen and oxygen atoms in total. The topological polar surface area (TPSA) is 40.5 Å². The Hall–Kier alpha value is -3.01. The molecule has 0 N–H and O–H groups in total. The number of aromatic nitrogens is 1. The van der Waals surface area contributed by atoms with E-state index in [-0.39, 0.29) is 5.97 Å². The van der Waals surface area contributed by atoms with E-state index in [0.717, 1.165) is 28.0 Å². The Kier molecular flexibility index (Phi) is 5.59. The van der Waals surface area contributed by atoms with Gasteiger partial charge in [0.05, 0.1) is 7.11 Å². The minimum Gasteiger partial charge on any atom is -0.497 e. The van der Waals surface area contributed by atoms with Gasteiger partial charge in [0.1, 0.15) is 17.0 Å². The lowest BCUT2D eigenvalue weighted by Crippen LogP contribution is -2.26. The van der Waals surface area contributed by atoms with Crippen LogP contribution in [0.25, 0.3) is 11.1 Å². The van der Waals surface area contributed by atoms with Crippen LogP contribution in [0.5, 0.6) is 5.75 Å². The lowest BCUT2D eigenvalue weighted by molar-refractivity contribution is 0.00592. The van der Waals surface area contributed by atoms with Crippen LogP contribution in [-0.2, 0) is 11.3 Å². The van der Waals surface area contributed by atoms with Crippen LogP contribution in [0.1, 0.15) is 42.4 Å². The second-order valence-corrected chi connectivity index (χ2v) is 7.88. The Bertz CT molecular complexity index is 948. The molecule has 0 unspecified atom stereocenters. The van der Waals surface area contributed by atoms with Crippen LogP contribution in [-0.4, -0.2) is 23.2 Å². The molecule has 0 radical (unpaired) electrons. The number of aryl methyl sites for hydroxylation is 1. The molecular weight excluding hydrogens is 350 g/mol. The summed E-state index contributed by atoms with van der Waals surface area (Å²) in [4.78, 5) is 13.1. The minimum absolute atomic E-state index is 0.317. The summed E-state index contributed by atoms with van der Waals surface area (Å²) in [5.41, 5.74) is 4.02. The van der Waals surface area contributed by atoms with Crippen LogP contribution in [0.15, 0.2) is 60.8 Å². The van der Waals surface area contributed by atoms with E-state index in [1.54, 1.807) is 7.11 Å². The minimum atomic E-state index is -0.565. The van der Waals surface area contributed by atoms with Gasteiger partial charge < -0.3 is 14.0 Å². The van der Waals surface area contributed by atoms with Crippen molar-refractivity contribution in [3.8, 4) is 16.9 Å². The van der Waals surface area contributed by atoms with Gasteiger partial charge in [-0.15, -0.1) is 0 Å². The molecule has 1 aromatic heterocycles. The fourth-order valence-electron chi connectivity index (χ4n) is 3.27. The van der Waals surface area contributed by atoms with Gasteiger partial charge in [0.2, 0.25) is 0 Å². The summed E-state index contributed by atoms with van der Waals surface area (Å²) < 4.78 is 13.0. The van der Waals surface area contributed by atoms with Crippen molar-refractivity contribution in [3.05, 3.63) is 77.6 Å². The third kappa shape index (κ3) is 4.45. The van der Waals surface area contributed by atoms with Crippen molar-refractivity contribution in [3.63, 3.8) is 0 Å². The number of rotatable bonds is 5. The summed E-state index contributed by atoms with van der Waals surface area (Å²) >= 11 is 0. The van der Waals surface area contributed by atoms with Crippen molar-refractivity contribution in [1.82, 2.24) is 4.57 Å². The molecular formula is C24H27NO3. The molecule has 0 spiro atoms. The quantitative estimate of drug-likeness (QED) is 0.553. The Morgan fingerprint density at radius 1 is 1.00 bits per heavy atom. The molecule has 28 heavy (non-hydrogen) atoms. The SMILES string of the molecule is COc1ccc(-c2c(C)cn(Cc3ccccc3)c2C(=O)OC(C)(C)C)cc1. The van der Waals surface area contributed by atoms with Gasteiger partial charge in [-0.25, -0.2) is 4.79 Å². The van der Waals surface area contributed by atoms with Gasteiger partial charge in [0, 0.05) is 18.3 Å². The highest BCUT2D eigenvalue weighted by atomic mass is 16.6. The van der Waals surface area contributed by atoms with Gasteiger partial charge in [0.25, 0.3) is 0 Å². The lowest BCUT2D eigenvalue weighted by atomic mass is 10.0. The van der Waals surface area contributed by atoms with Gasteiger partial charge in [-0.1, -0.05) is 42.5 Å². The molecule has 0 fully saturated rings. The Morgan fingerprint density at radius 2 is 1.64 bits per heavy atom. The zero-order valence-electron chi connectivity index (χ0n) is 17.2. The monoisotopic (exact) mass is 377 g/mol. The first kappa shape index (κ1) is 19.7. The summed E-state index contributed by atoms with van der Waals surface area (Å²) in [6.45, 7) is 8.28. The first-order chi connectivity index (χ1) is 13.3. The number of methoxy groups -OCH3 is 1. The highest BCUT2D eigenvalue weighted by Crippen LogP contribution is 2.32. The standard InChI is InChI=1S/C24H27NO3/c1-17-15-25(16-18-9-7-6-8-10-18)22(23(26)28-24(2,3)4)21(17)19-11-13-20(27-5)14-12-19/h6-15H,16H2,1-5H3. The summed E-state index contributed by atoms with van der Waals surface area (Å²) in [6.07, 6.45) is 2.02. The van der Waals surface area contributed by atoms with E-state index in [4.69, 9.17) is 9.47 Å². The van der Waals surface area contributed by atoms with Crippen molar-refractivity contribution in [2.24, 2.45) is 0 Å². The maximum absolute atomic E-state index is 13.1. The predicted octanol–water partition coefficient (Wildman–Crippen LogP) is 5.48. The summed E-state index contributed by atoms with van der Waals surface area (Å²) in [7, 11) is 1.64. The molecule has 146 valence electrons. The summed E-state index contributed by atoms with van der Waals surface area (Å²) in [5, 5.41) is 0. The van der Waals surface area contributed by atoms with Gasteiger partial charge in [0.15, 0.2) is 0 Å². The van der Waals surface area contributed by atoms with E-state index >= 15 is 0 Å². The van der Waals surface area contributed by atoms with E-state index in [1.807, 2.05) is 80.9 Å². The zero-order chi connectivity index (χ0) is 20.3. The average molecular weight is 377 g/mol. The number of hydrogen-bond acceptors (Lipinski definition) is 3. The fourth-order valence-corrected chi connectivity index (χ4v) is 3.27. The normalized spacial score (nSPS) is 11.3. The molecule has 0 atom stereocenters. The number of carbonyl (C=O) groups is 1. The number of carbonyl (C=O) groups excluding carboxylic acids is 1. The third-order valence-corrected chi connectivity index (χ3v) is 4.43. The zero-order valence-corrected chi connectivity index (χ0v) is 17.2. The van der Waals surface area contributed by atoms with Crippen molar-refractivity contribution >= 4 is 5.97 Å². The smallest absolute Gasteiger partial charge is 0.356 e. The van der Waals surface area contributed by atoms with E-state index < -0.39 is 5.60 Å². The first-order valence-electron chi connectivity index (χ1n) is 9.40. The second-order valence-electron chi connectivity index (χ2n) is 7.88. The van der Waals surface area contributed by atoms with Crippen LogP contribution in [0, 0.1) is 6.92 Å². The molecule has 3 aromatic rings. The Balaban J connectivity index is 2.10. The highest BCUT2D eigenvalue weighted by molar-refractivity contribution is 5.97. The molecule has 1 heterocycles. The molecule has 3 rings (SSSR count). The molecule has 0 amide bonds. The molecule has 2 aromatic carbocycles. The van der Waals surface area contributed by atoms with E-state index in [1.165, 1.54) is 0 Å². The van der Waals surface area contributed by atoms with Crippen LogP contribution < -0.4 is 4.74 Å². The predicted molar refractivity (Wildman–Crippen MR) is 112 cm³/mol. The molecule has 0 saturated carbocycles. The highest BCUT2D eigenvalue weighted by Gasteiger charge is 2.26. The largest absolute Gasteiger partial charge is 0.497 e. The summed E-state index contributed by atoms with van der Waals surface area (Å²) in [5.74, 6) is 0.464. The Labute approximate surface area is 166 Å². The van der Waals surface area contributed by atoms with Crippen LogP contribution in [0.4, 0.5) is 0 Å². The van der Waals surface area contributed by atoms with E-state index in [0.29, 0.717) is 12.2 Å². The van der Waals surface area contributed by atoms with Crippen LogP contribution >= 0.6 is 0 Å². The lowest BCUT2D eigenvalue weighted by Gasteiger charge is -2.21. The van der Waals surface area contributed by atoms with Crippen molar-refractivity contribution in [2.45, 2.75) is 39.8 Å².